The van der Waals surface area contributed by atoms with E-state index in [1.165, 1.54) is 19.9 Å². The molecule has 1 spiro atoms. The van der Waals surface area contributed by atoms with Crippen molar-refractivity contribution in [2.75, 3.05) is 20.2 Å². The first-order chi connectivity index (χ1) is 20.6. The van der Waals surface area contributed by atoms with Crippen LogP contribution in [-0.4, -0.2) is 122 Å². The number of Topliss-reactive ketones (excluding diaryl/α,β-unsaturated/α-hetero) is 4. The van der Waals surface area contributed by atoms with Crippen LogP contribution < -0.4 is 9.47 Å². The first-order valence-corrected chi connectivity index (χ1v) is 14.7. The topological polar surface area (TPSA) is 200 Å². The van der Waals surface area contributed by atoms with Gasteiger partial charge in [-0.2, -0.15) is 0 Å². The van der Waals surface area contributed by atoms with E-state index >= 15 is 0 Å². The lowest BCUT2D eigenvalue weighted by molar-refractivity contribution is -0.277. The number of ether oxygens (including phenoxy) is 3. The lowest BCUT2D eigenvalue weighted by Gasteiger charge is -2.64. The van der Waals surface area contributed by atoms with Crippen LogP contribution in [0, 0.1) is 5.92 Å². The number of rotatable bonds is 7. The standard InChI is InChI=1S/C31H37NO12/c1-12(34)20-21(13(2)35)30(41,14(3)36)31(15(4)37)29-8-9-32(5)17(23(20)29)10-16-6-7-18(27(44-31)22(16)29)42-28-26(40)25(39)24(38)19(11-33)43-28/h6-7,17,19,23-26,28,33,38-41H,8-11H2,1-5H3/t17-,19-,23-,24-,25+,26-,28?,29-,30+,31-/m1/s1. The summed E-state index contributed by atoms with van der Waals surface area (Å²) in [6.45, 7) is 4.37. The summed E-state index contributed by atoms with van der Waals surface area (Å²) >= 11 is 0. The highest BCUT2D eigenvalue weighted by atomic mass is 16.7. The Morgan fingerprint density at radius 2 is 1.68 bits per heavy atom. The van der Waals surface area contributed by atoms with Crippen molar-refractivity contribution in [3.63, 3.8) is 0 Å². The van der Waals surface area contributed by atoms with E-state index < -0.39 is 94.6 Å². The quantitative estimate of drug-likeness (QED) is 0.238. The third-order valence-corrected chi connectivity index (χ3v) is 10.6. The molecule has 2 bridgehead atoms. The van der Waals surface area contributed by atoms with E-state index in [2.05, 4.69) is 0 Å². The molecular formula is C31H37NO12. The van der Waals surface area contributed by atoms with Gasteiger partial charge >= 0.3 is 0 Å². The molecule has 5 N–H and O–H groups in total. The maximum atomic E-state index is 14.1. The Bertz CT molecular complexity index is 1520. The maximum Gasteiger partial charge on any atom is 0.229 e. The van der Waals surface area contributed by atoms with Crippen LogP contribution in [0.25, 0.3) is 0 Å². The average Bonchev–Trinajstić information content (AvgIpc) is 3.28. The minimum Gasteiger partial charge on any atom is -0.470 e. The van der Waals surface area contributed by atoms with Crippen LogP contribution in [0.1, 0.15) is 45.2 Å². The molecule has 2 saturated heterocycles. The maximum absolute atomic E-state index is 14.1. The highest BCUT2D eigenvalue weighted by Crippen LogP contribution is 2.71. The molecule has 0 amide bonds. The number of benzene rings is 1. The molecule has 5 aliphatic rings. The van der Waals surface area contributed by atoms with Crippen LogP contribution >= 0.6 is 0 Å². The second-order valence-corrected chi connectivity index (χ2v) is 12.7. The number of likely N-dealkylation sites (N-methyl/N-ethyl adjacent to an activating group) is 1. The Hall–Kier alpha value is -3.04. The SMILES string of the molecule is CC(=O)C1=C(C(C)=O)[C@@](O)(C(C)=O)[C@]2(C(C)=O)Oc3c(OC4O[C@H](CO)[C@@H](O)[C@H](O)[C@H]4O)ccc4c3[C@@]23CCN(C)[C@H](C4)[C@H]13. The van der Waals surface area contributed by atoms with E-state index in [0.717, 1.165) is 19.4 Å². The normalized spacial score (nSPS) is 40.6. The predicted octanol–water partition coefficient (Wildman–Crippen LogP) is -1.49. The van der Waals surface area contributed by atoms with Crippen LogP contribution in [-0.2, 0) is 35.8 Å². The fraction of sp³-hybridized carbons (Fsp3) is 0.613. The molecule has 238 valence electrons. The van der Waals surface area contributed by atoms with Crippen LogP contribution in [0.3, 0.4) is 0 Å². The zero-order valence-electron chi connectivity index (χ0n) is 25.1. The number of piperidine rings is 1. The molecule has 2 fully saturated rings. The average molecular weight is 616 g/mol. The third-order valence-electron chi connectivity index (χ3n) is 10.6. The molecular weight excluding hydrogens is 578 g/mol. The minimum absolute atomic E-state index is 0.00835. The lowest BCUT2D eigenvalue weighted by atomic mass is 9.41. The number of aliphatic hydroxyl groups is 5. The van der Waals surface area contributed by atoms with E-state index in [4.69, 9.17) is 14.2 Å². The van der Waals surface area contributed by atoms with Crippen LogP contribution in [0.5, 0.6) is 11.5 Å². The van der Waals surface area contributed by atoms with Crippen LogP contribution in [0.15, 0.2) is 23.3 Å². The summed E-state index contributed by atoms with van der Waals surface area (Å²) in [4.78, 5) is 56.7. The summed E-state index contributed by atoms with van der Waals surface area (Å²) in [5, 5.41) is 53.6. The molecule has 1 aromatic carbocycles. The number of carbonyl (C=O) groups excluding carboxylic acids is 4. The van der Waals surface area contributed by atoms with Crippen molar-refractivity contribution in [2.45, 2.75) is 93.9 Å². The molecule has 6 rings (SSSR count). The number of likely N-dealkylation sites (tertiary alicyclic amines) is 1. The number of hydrogen-bond donors (Lipinski definition) is 5. The van der Waals surface area contributed by atoms with Crippen molar-refractivity contribution < 1.29 is 58.9 Å². The summed E-state index contributed by atoms with van der Waals surface area (Å²) in [5.41, 5.74) is -6.00. The molecule has 0 aromatic heterocycles. The summed E-state index contributed by atoms with van der Waals surface area (Å²) in [6.07, 6.45) is -7.44. The number of carbonyl (C=O) groups is 4. The Balaban J connectivity index is 1.65. The van der Waals surface area contributed by atoms with E-state index in [1.54, 1.807) is 6.07 Å². The molecule has 2 aliphatic carbocycles. The molecule has 13 nitrogen and oxygen atoms in total. The number of ketones is 4. The van der Waals surface area contributed by atoms with Crippen molar-refractivity contribution in [3.05, 3.63) is 34.4 Å². The Labute approximate surface area is 253 Å². The van der Waals surface area contributed by atoms with Gasteiger partial charge in [-0.25, -0.2) is 0 Å². The van der Waals surface area contributed by atoms with Gasteiger partial charge in [0, 0.05) is 28.7 Å². The van der Waals surface area contributed by atoms with Gasteiger partial charge in [-0.1, -0.05) is 6.07 Å². The smallest absolute Gasteiger partial charge is 0.229 e. The second-order valence-electron chi connectivity index (χ2n) is 12.7. The van der Waals surface area contributed by atoms with Crippen molar-refractivity contribution >= 4 is 23.1 Å². The molecule has 0 radical (unpaired) electrons. The van der Waals surface area contributed by atoms with Gasteiger partial charge in [-0.15, -0.1) is 0 Å². The van der Waals surface area contributed by atoms with Gasteiger partial charge in [0.2, 0.25) is 11.9 Å². The molecule has 10 atom stereocenters. The fourth-order valence-corrected chi connectivity index (χ4v) is 8.87. The van der Waals surface area contributed by atoms with E-state index in [1.807, 2.05) is 11.9 Å². The second kappa shape index (κ2) is 9.98. The number of hydrogen-bond acceptors (Lipinski definition) is 13. The van der Waals surface area contributed by atoms with Gasteiger partial charge < -0.3 is 44.6 Å². The van der Waals surface area contributed by atoms with Crippen LogP contribution in [0.4, 0.5) is 0 Å². The first-order valence-electron chi connectivity index (χ1n) is 14.7. The molecule has 1 aromatic rings. The van der Waals surface area contributed by atoms with Gasteiger partial charge in [0.25, 0.3) is 0 Å². The highest BCUT2D eigenvalue weighted by Gasteiger charge is 2.83. The first kappa shape index (κ1) is 31.0. The Morgan fingerprint density at radius 1 is 1.00 bits per heavy atom. The van der Waals surface area contributed by atoms with E-state index in [0.29, 0.717) is 18.5 Å². The summed E-state index contributed by atoms with van der Waals surface area (Å²) in [6, 6.07) is 2.84. The lowest BCUT2D eigenvalue weighted by Crippen LogP contribution is -2.81. The zero-order chi connectivity index (χ0) is 32.3. The molecule has 44 heavy (non-hydrogen) atoms. The van der Waals surface area contributed by atoms with Gasteiger partial charge in [0.05, 0.1) is 12.0 Å². The fourth-order valence-electron chi connectivity index (χ4n) is 8.87. The molecule has 13 heteroatoms. The summed E-state index contributed by atoms with van der Waals surface area (Å²) in [7, 11) is 1.88. The minimum atomic E-state index is -2.85. The summed E-state index contributed by atoms with van der Waals surface area (Å²) < 4.78 is 18.2. The van der Waals surface area contributed by atoms with E-state index in [9.17, 15) is 44.7 Å². The van der Waals surface area contributed by atoms with Crippen molar-refractivity contribution in [2.24, 2.45) is 5.92 Å². The van der Waals surface area contributed by atoms with Gasteiger partial charge in [0.15, 0.2) is 40.2 Å². The van der Waals surface area contributed by atoms with Gasteiger partial charge in [-0.05, 0) is 65.8 Å². The monoisotopic (exact) mass is 615 g/mol. The third kappa shape index (κ3) is 3.48. The molecule has 3 aliphatic heterocycles. The number of aliphatic hydroxyl groups excluding tert-OH is 4. The number of nitrogens with zero attached hydrogens (tertiary/aromatic N) is 1. The molecule has 0 saturated carbocycles. The Morgan fingerprint density at radius 3 is 2.25 bits per heavy atom. The molecule has 1 unspecified atom stereocenters. The van der Waals surface area contributed by atoms with Gasteiger partial charge in [0.1, 0.15) is 24.4 Å². The van der Waals surface area contributed by atoms with Crippen molar-refractivity contribution in [1.29, 1.82) is 0 Å². The highest BCUT2D eigenvalue weighted by molar-refractivity contribution is 6.16. The van der Waals surface area contributed by atoms with Crippen LogP contribution in [0.2, 0.25) is 0 Å². The largest absolute Gasteiger partial charge is 0.470 e. The van der Waals surface area contributed by atoms with Crippen molar-refractivity contribution in [3.8, 4) is 11.5 Å². The van der Waals surface area contributed by atoms with Gasteiger partial charge in [-0.3, -0.25) is 19.2 Å². The van der Waals surface area contributed by atoms with E-state index in [-0.39, 0.29) is 23.5 Å². The predicted molar refractivity (Wildman–Crippen MR) is 149 cm³/mol. The van der Waals surface area contributed by atoms with Crippen molar-refractivity contribution in [1.82, 2.24) is 4.90 Å². The molecule has 3 heterocycles. The zero-order valence-corrected chi connectivity index (χ0v) is 25.1. The Kier molecular flexibility index (Phi) is 7.02. The summed E-state index contributed by atoms with van der Waals surface area (Å²) in [5.74, 6) is -3.86.